The minimum atomic E-state index is -0.445. The number of hydrogen-bond acceptors (Lipinski definition) is 4. The molecule has 0 spiro atoms. The number of benzene rings is 2. The summed E-state index contributed by atoms with van der Waals surface area (Å²) >= 11 is 3.43. The first-order valence-electron chi connectivity index (χ1n) is 14.5. The van der Waals surface area contributed by atoms with Crippen LogP contribution >= 0.6 is 15.9 Å². The normalized spacial score (nSPS) is 11.1. The lowest BCUT2D eigenvalue weighted by atomic mass is 10.0. The lowest BCUT2D eigenvalue weighted by Crippen LogP contribution is -2.17. The van der Waals surface area contributed by atoms with Crippen molar-refractivity contribution in [2.75, 3.05) is 0 Å². The highest BCUT2D eigenvalue weighted by Gasteiger charge is 2.11. The highest BCUT2D eigenvalue weighted by molar-refractivity contribution is 9.10. The van der Waals surface area contributed by atoms with Crippen molar-refractivity contribution < 1.29 is 14.3 Å². The second-order valence-corrected chi connectivity index (χ2v) is 10.8. The number of hydrazone groups is 1. The first kappa shape index (κ1) is 31.7. The van der Waals surface area contributed by atoms with Gasteiger partial charge in [0.15, 0.2) is 0 Å². The summed E-state index contributed by atoms with van der Waals surface area (Å²) in [5, 5.41) is 4.08. The fourth-order valence-electron chi connectivity index (χ4n) is 4.33. The fourth-order valence-corrected chi connectivity index (χ4v) is 4.71. The quantitative estimate of drug-likeness (QED) is 0.0553. The van der Waals surface area contributed by atoms with E-state index in [1.165, 1.54) is 89.7 Å². The lowest BCUT2D eigenvalue weighted by molar-refractivity contribution is -0.121. The molecule has 0 radical (unpaired) electrons. The third-order valence-electron chi connectivity index (χ3n) is 6.58. The molecular formula is C32H45BrN2O3. The molecule has 0 aromatic heterocycles. The van der Waals surface area contributed by atoms with E-state index in [0.717, 1.165) is 17.3 Å². The molecule has 1 N–H and O–H groups in total. The Morgan fingerprint density at radius 2 is 1.34 bits per heavy atom. The molecule has 0 aliphatic heterocycles. The third kappa shape index (κ3) is 14.5. The summed E-state index contributed by atoms with van der Waals surface area (Å²) < 4.78 is 6.36. The molecule has 208 valence electrons. The molecule has 0 aliphatic carbocycles. The second kappa shape index (κ2) is 20.5. The van der Waals surface area contributed by atoms with Crippen LogP contribution in [0.15, 0.2) is 58.1 Å². The Balaban J connectivity index is 1.55. The van der Waals surface area contributed by atoms with Crippen molar-refractivity contribution in [2.24, 2.45) is 5.10 Å². The van der Waals surface area contributed by atoms with Crippen molar-refractivity contribution in [1.29, 1.82) is 0 Å². The number of rotatable bonds is 20. The van der Waals surface area contributed by atoms with E-state index in [1.807, 2.05) is 6.07 Å². The van der Waals surface area contributed by atoms with Gasteiger partial charge in [-0.2, -0.15) is 5.10 Å². The first-order valence-corrected chi connectivity index (χ1v) is 15.3. The lowest BCUT2D eigenvalue weighted by Gasteiger charge is -2.08. The molecule has 1 amide bonds. The molecule has 6 heteroatoms. The molecule has 0 bridgehead atoms. The van der Waals surface area contributed by atoms with Crippen molar-refractivity contribution in [3.05, 3.63) is 64.1 Å². The van der Waals surface area contributed by atoms with E-state index in [-0.39, 0.29) is 5.91 Å². The van der Waals surface area contributed by atoms with Gasteiger partial charge in [0.2, 0.25) is 5.91 Å². The van der Waals surface area contributed by atoms with Crippen LogP contribution in [0.25, 0.3) is 0 Å². The average Bonchev–Trinajstić information content (AvgIpc) is 2.92. The fraction of sp³-hybridized carbons (Fsp3) is 0.531. The first-order chi connectivity index (χ1) is 18.6. The Labute approximate surface area is 238 Å². The van der Waals surface area contributed by atoms with Gasteiger partial charge in [0, 0.05) is 16.5 Å². The van der Waals surface area contributed by atoms with E-state index in [0.29, 0.717) is 23.3 Å². The highest BCUT2D eigenvalue weighted by Crippen LogP contribution is 2.23. The zero-order valence-electron chi connectivity index (χ0n) is 23.1. The number of nitrogens with one attached hydrogen (secondary N) is 1. The van der Waals surface area contributed by atoms with Crippen LogP contribution in [0.1, 0.15) is 126 Å². The summed E-state index contributed by atoms with van der Waals surface area (Å²) in [5.41, 5.74) is 3.65. The molecule has 0 atom stereocenters. The van der Waals surface area contributed by atoms with Gasteiger partial charge in [0.05, 0.1) is 11.8 Å². The molecule has 2 aromatic carbocycles. The van der Waals surface area contributed by atoms with Gasteiger partial charge >= 0.3 is 5.97 Å². The van der Waals surface area contributed by atoms with E-state index in [1.54, 1.807) is 42.5 Å². The average molecular weight is 586 g/mol. The zero-order valence-corrected chi connectivity index (χ0v) is 24.6. The summed E-state index contributed by atoms with van der Waals surface area (Å²) in [6.07, 6.45) is 21.5. The molecule has 0 fully saturated rings. The number of esters is 1. The van der Waals surface area contributed by atoms with Gasteiger partial charge in [-0.1, -0.05) is 131 Å². The number of unbranched alkanes of at least 4 members (excludes halogenated alkanes) is 14. The van der Waals surface area contributed by atoms with Crippen LogP contribution in [-0.2, 0) is 4.79 Å². The summed E-state index contributed by atoms with van der Waals surface area (Å²) in [5.74, 6) is -0.170. The van der Waals surface area contributed by atoms with Gasteiger partial charge in [-0.05, 0) is 36.8 Å². The van der Waals surface area contributed by atoms with E-state index in [2.05, 4.69) is 33.4 Å². The molecule has 0 saturated heterocycles. The predicted molar refractivity (Wildman–Crippen MR) is 161 cm³/mol. The number of hydrogen-bond donors (Lipinski definition) is 1. The van der Waals surface area contributed by atoms with Gasteiger partial charge in [0.25, 0.3) is 0 Å². The van der Waals surface area contributed by atoms with Crippen LogP contribution < -0.4 is 10.2 Å². The van der Waals surface area contributed by atoms with Crippen molar-refractivity contribution in [1.82, 2.24) is 5.43 Å². The molecule has 38 heavy (non-hydrogen) atoms. The van der Waals surface area contributed by atoms with Crippen molar-refractivity contribution >= 4 is 34.0 Å². The highest BCUT2D eigenvalue weighted by atomic mass is 79.9. The molecule has 5 nitrogen and oxygen atoms in total. The maximum absolute atomic E-state index is 12.4. The van der Waals surface area contributed by atoms with Gasteiger partial charge in [-0.15, -0.1) is 0 Å². The van der Waals surface area contributed by atoms with Crippen LogP contribution in [0.5, 0.6) is 5.75 Å². The largest absolute Gasteiger partial charge is 0.422 e. The van der Waals surface area contributed by atoms with E-state index >= 15 is 0 Å². The Bertz CT molecular complexity index is 962. The van der Waals surface area contributed by atoms with Gasteiger partial charge in [-0.25, -0.2) is 10.2 Å². The number of amides is 1. The summed E-state index contributed by atoms with van der Waals surface area (Å²) in [7, 11) is 0. The second-order valence-electron chi connectivity index (χ2n) is 9.93. The number of carbonyl (C=O) groups is 2. The Kier molecular flexibility index (Phi) is 17.1. The number of halogens is 1. The number of ether oxygens (including phenoxy) is 1. The van der Waals surface area contributed by atoms with E-state index < -0.39 is 5.97 Å². The summed E-state index contributed by atoms with van der Waals surface area (Å²) in [6.45, 7) is 2.27. The maximum Gasteiger partial charge on any atom is 0.343 e. The van der Waals surface area contributed by atoms with Gasteiger partial charge in [0.1, 0.15) is 5.75 Å². The topological polar surface area (TPSA) is 67.8 Å². The molecule has 0 aliphatic rings. The maximum atomic E-state index is 12.4. The Hall–Kier alpha value is -2.47. The van der Waals surface area contributed by atoms with E-state index in [4.69, 9.17) is 4.74 Å². The standard InChI is InChI=1S/C32H45BrN2O3/c1-2-3-4-5-6-7-8-9-10-11-12-13-14-15-19-22-31(36)35-34-26-28-25-29(33)23-24-30(28)38-32(37)27-20-17-16-18-21-27/h16-18,20-21,23-26H,2-15,19,22H2,1H3,(H,35,36)/b34-26-. The van der Waals surface area contributed by atoms with Crippen molar-refractivity contribution in [3.63, 3.8) is 0 Å². The monoisotopic (exact) mass is 584 g/mol. The van der Waals surface area contributed by atoms with Crippen LogP contribution in [-0.4, -0.2) is 18.1 Å². The molecule has 2 aromatic rings. The van der Waals surface area contributed by atoms with Crippen LogP contribution in [0, 0.1) is 0 Å². The minimum Gasteiger partial charge on any atom is -0.422 e. The van der Waals surface area contributed by atoms with Crippen molar-refractivity contribution in [2.45, 2.75) is 110 Å². The summed E-state index contributed by atoms with van der Waals surface area (Å²) in [4.78, 5) is 24.6. The number of nitrogens with zero attached hydrogens (tertiary/aromatic N) is 1. The van der Waals surface area contributed by atoms with Crippen LogP contribution in [0.2, 0.25) is 0 Å². The predicted octanol–water partition coefficient (Wildman–Crippen LogP) is 9.38. The minimum absolute atomic E-state index is 0.103. The van der Waals surface area contributed by atoms with Gasteiger partial charge < -0.3 is 4.74 Å². The van der Waals surface area contributed by atoms with Crippen molar-refractivity contribution in [3.8, 4) is 5.75 Å². The Morgan fingerprint density at radius 1 is 0.789 bits per heavy atom. The molecular weight excluding hydrogens is 540 g/mol. The van der Waals surface area contributed by atoms with Gasteiger partial charge in [-0.3, -0.25) is 4.79 Å². The molecule has 0 heterocycles. The zero-order chi connectivity index (χ0) is 27.3. The molecule has 0 unspecified atom stereocenters. The van der Waals surface area contributed by atoms with E-state index in [9.17, 15) is 9.59 Å². The van der Waals surface area contributed by atoms with Crippen LogP contribution in [0.4, 0.5) is 0 Å². The summed E-state index contributed by atoms with van der Waals surface area (Å²) in [6, 6.07) is 14.1. The van der Waals surface area contributed by atoms with Crippen LogP contribution in [0.3, 0.4) is 0 Å². The Morgan fingerprint density at radius 3 is 1.92 bits per heavy atom. The smallest absolute Gasteiger partial charge is 0.343 e. The third-order valence-corrected chi connectivity index (χ3v) is 7.08. The SMILES string of the molecule is CCCCCCCCCCCCCCCCCC(=O)N/N=C\c1cc(Br)ccc1OC(=O)c1ccccc1. The molecule has 0 saturated carbocycles. The number of carbonyl (C=O) groups excluding carboxylic acids is 2. The molecule has 2 rings (SSSR count).